The zero-order chi connectivity index (χ0) is 36.7. The van der Waals surface area contributed by atoms with Gasteiger partial charge < -0.3 is 18.6 Å². The second kappa shape index (κ2) is 12.1. The average molecular weight is 719 g/mol. The van der Waals surface area contributed by atoms with E-state index in [1.54, 1.807) is 0 Å². The van der Waals surface area contributed by atoms with Crippen molar-refractivity contribution in [3.63, 3.8) is 0 Å². The number of fused-ring (bicyclic) bond motifs is 11. The molecule has 2 unspecified atom stereocenters. The molecule has 2 aliphatic rings. The molecule has 3 heterocycles. The molecular formula is C52H34N2O2. The van der Waals surface area contributed by atoms with Gasteiger partial charge in [-0.15, -0.1) is 0 Å². The number of nitrogens with zero attached hydrogens (tertiary/aromatic N) is 2. The summed E-state index contributed by atoms with van der Waals surface area (Å²) in [7, 11) is 0. The maximum atomic E-state index is 6.74. The number of rotatable bonds is 5. The summed E-state index contributed by atoms with van der Waals surface area (Å²) >= 11 is 0. The van der Waals surface area contributed by atoms with Gasteiger partial charge in [-0.2, -0.15) is 0 Å². The molecule has 0 amide bonds. The summed E-state index contributed by atoms with van der Waals surface area (Å²) in [5, 5.41) is 7.27. The molecule has 8 aromatic carbocycles. The predicted molar refractivity (Wildman–Crippen MR) is 231 cm³/mol. The maximum Gasteiger partial charge on any atom is 0.148 e. The Labute approximate surface area is 323 Å². The number of hydrogen-bond donors (Lipinski definition) is 0. The third-order valence-electron chi connectivity index (χ3n) is 11.7. The minimum Gasteiger partial charge on any atom is -0.483 e. The quantitative estimate of drug-likeness (QED) is 0.177. The van der Waals surface area contributed by atoms with Crippen LogP contribution in [0.4, 0.5) is 17.1 Å². The predicted octanol–water partition coefficient (Wildman–Crippen LogP) is 13.9. The molecule has 0 bridgehead atoms. The zero-order valence-electron chi connectivity index (χ0n) is 30.3. The van der Waals surface area contributed by atoms with Gasteiger partial charge in [0.2, 0.25) is 0 Å². The number of anilines is 3. The van der Waals surface area contributed by atoms with Crippen molar-refractivity contribution >= 4 is 71.6 Å². The van der Waals surface area contributed by atoms with Crippen LogP contribution in [0.5, 0.6) is 5.75 Å². The minimum atomic E-state index is -0.0198. The Morgan fingerprint density at radius 3 is 2.20 bits per heavy atom. The van der Waals surface area contributed by atoms with Gasteiger partial charge in [-0.1, -0.05) is 127 Å². The molecule has 0 radical (unpaired) electrons. The summed E-state index contributed by atoms with van der Waals surface area (Å²) in [5.74, 6) is 1.10. The molecular weight excluding hydrogens is 685 g/mol. The van der Waals surface area contributed by atoms with E-state index in [1.165, 1.54) is 38.1 Å². The van der Waals surface area contributed by atoms with Crippen molar-refractivity contribution in [1.29, 1.82) is 0 Å². The van der Waals surface area contributed by atoms with Crippen LogP contribution in [0.15, 0.2) is 199 Å². The van der Waals surface area contributed by atoms with E-state index in [9.17, 15) is 0 Å². The van der Waals surface area contributed by atoms with Gasteiger partial charge in [0.25, 0.3) is 0 Å². The highest BCUT2D eigenvalue weighted by Gasteiger charge is 2.35. The van der Waals surface area contributed by atoms with Crippen LogP contribution in [0.3, 0.4) is 0 Å². The van der Waals surface area contributed by atoms with E-state index in [4.69, 9.17) is 9.15 Å². The lowest BCUT2D eigenvalue weighted by Gasteiger charge is -2.27. The van der Waals surface area contributed by atoms with Crippen molar-refractivity contribution in [2.24, 2.45) is 0 Å². The van der Waals surface area contributed by atoms with Gasteiger partial charge in [0, 0.05) is 50.3 Å². The van der Waals surface area contributed by atoms with Crippen LogP contribution in [0, 0.1) is 0 Å². The van der Waals surface area contributed by atoms with Crippen LogP contribution in [-0.4, -0.2) is 10.7 Å². The molecule has 0 spiro atoms. The molecule has 4 heteroatoms. The van der Waals surface area contributed by atoms with Gasteiger partial charge in [-0.25, -0.2) is 0 Å². The van der Waals surface area contributed by atoms with E-state index in [2.05, 4.69) is 191 Å². The lowest BCUT2D eigenvalue weighted by atomic mass is 9.92. The van der Waals surface area contributed by atoms with Gasteiger partial charge >= 0.3 is 0 Å². The monoisotopic (exact) mass is 718 g/mol. The topological polar surface area (TPSA) is 30.5 Å². The van der Waals surface area contributed by atoms with Crippen molar-refractivity contribution < 1.29 is 9.15 Å². The number of ether oxygens (including phenoxy) is 1. The molecule has 1 aliphatic carbocycles. The molecule has 2 atom stereocenters. The first kappa shape index (κ1) is 31.1. The van der Waals surface area contributed by atoms with Crippen molar-refractivity contribution in [1.82, 2.24) is 4.57 Å². The van der Waals surface area contributed by atoms with Crippen LogP contribution >= 0.6 is 0 Å². The van der Waals surface area contributed by atoms with Crippen molar-refractivity contribution in [2.45, 2.75) is 12.0 Å². The van der Waals surface area contributed by atoms with Crippen LogP contribution in [0.1, 0.15) is 11.5 Å². The molecule has 2 aromatic heterocycles. The van der Waals surface area contributed by atoms with Crippen LogP contribution in [-0.2, 0) is 0 Å². The Morgan fingerprint density at radius 2 is 1.27 bits per heavy atom. The number of hydrogen-bond acceptors (Lipinski definition) is 3. The third kappa shape index (κ3) is 4.59. The molecule has 56 heavy (non-hydrogen) atoms. The van der Waals surface area contributed by atoms with E-state index < -0.39 is 0 Å². The summed E-state index contributed by atoms with van der Waals surface area (Å²) in [4.78, 5) is 2.31. The largest absolute Gasteiger partial charge is 0.483 e. The van der Waals surface area contributed by atoms with E-state index in [-0.39, 0.29) is 12.0 Å². The molecule has 0 saturated carbocycles. The molecule has 0 N–H and O–H groups in total. The molecule has 12 rings (SSSR count). The fraction of sp³-hybridized carbons (Fsp3) is 0.0385. The van der Waals surface area contributed by atoms with E-state index >= 15 is 0 Å². The second-order valence-electron chi connectivity index (χ2n) is 14.8. The van der Waals surface area contributed by atoms with Gasteiger partial charge in [0.05, 0.1) is 28.1 Å². The van der Waals surface area contributed by atoms with E-state index in [0.717, 1.165) is 61.6 Å². The molecule has 0 fully saturated rings. The molecule has 10 aromatic rings. The first-order valence-corrected chi connectivity index (χ1v) is 19.3. The Bertz CT molecular complexity index is 3250. The van der Waals surface area contributed by atoms with Crippen molar-refractivity contribution in [3.8, 4) is 22.6 Å². The van der Waals surface area contributed by atoms with Crippen LogP contribution < -0.4 is 9.64 Å². The standard InChI is InChI=1S/C52H34N2O2/c1-2-14-38-33(12-1)26-31-46-51(38)43-17-4-8-20-45(43)54(46)44-19-7-3-13-37(44)34-24-27-35(28-25-34)53(36-29-30-41-39-15-5-9-22-48(39)55-50(41)32-36)47-21-11-18-42-40-16-6-10-23-49(40)56-52(42)47/h1-32,40,49H. The normalized spacial score (nSPS) is 15.9. The summed E-state index contributed by atoms with van der Waals surface area (Å²) < 4.78 is 15.6. The van der Waals surface area contributed by atoms with Gasteiger partial charge in [0.1, 0.15) is 23.0 Å². The van der Waals surface area contributed by atoms with Crippen LogP contribution in [0.25, 0.3) is 71.3 Å². The van der Waals surface area contributed by atoms with Gasteiger partial charge in [0.15, 0.2) is 0 Å². The summed E-state index contributed by atoms with van der Waals surface area (Å²) in [5.41, 5.74) is 11.8. The Balaban J connectivity index is 1.02. The maximum absolute atomic E-state index is 6.74. The lowest BCUT2D eigenvalue weighted by Crippen LogP contribution is -2.16. The Morgan fingerprint density at radius 1 is 0.518 bits per heavy atom. The first-order chi connectivity index (χ1) is 27.8. The third-order valence-corrected chi connectivity index (χ3v) is 11.7. The molecule has 1 aliphatic heterocycles. The number of furan rings is 1. The average Bonchev–Trinajstić information content (AvgIpc) is 3.94. The SMILES string of the molecule is C1=CC2Oc3c(cccc3N(c3ccc(-c4ccccc4-n4c5ccccc5c5c6ccccc6ccc54)cc3)c3ccc4c(c3)oc3ccccc34)C2C=C1. The fourth-order valence-corrected chi connectivity index (χ4v) is 9.21. The fourth-order valence-electron chi connectivity index (χ4n) is 9.21. The highest BCUT2D eigenvalue weighted by Crippen LogP contribution is 2.51. The highest BCUT2D eigenvalue weighted by atomic mass is 16.5. The zero-order valence-corrected chi connectivity index (χ0v) is 30.3. The lowest BCUT2D eigenvalue weighted by molar-refractivity contribution is 0.269. The Kier molecular flexibility index (Phi) is 6.72. The molecule has 0 saturated heterocycles. The number of benzene rings is 8. The Hall–Kier alpha value is -7.30. The van der Waals surface area contributed by atoms with E-state index in [1.807, 2.05) is 12.1 Å². The van der Waals surface area contributed by atoms with Crippen LogP contribution in [0.2, 0.25) is 0 Å². The van der Waals surface area contributed by atoms with Gasteiger partial charge in [-0.3, -0.25) is 0 Å². The first-order valence-electron chi connectivity index (χ1n) is 19.3. The summed E-state index contributed by atoms with van der Waals surface area (Å²) in [6, 6.07) is 61.0. The van der Waals surface area contributed by atoms with Gasteiger partial charge in [-0.05, 0) is 77.0 Å². The number of allylic oxidation sites excluding steroid dienone is 2. The van der Waals surface area contributed by atoms with Crippen molar-refractivity contribution in [2.75, 3.05) is 4.90 Å². The summed E-state index contributed by atoms with van der Waals surface area (Å²) in [6.07, 6.45) is 8.59. The second-order valence-corrected chi connectivity index (χ2v) is 14.8. The summed E-state index contributed by atoms with van der Waals surface area (Å²) in [6.45, 7) is 0. The molecule has 4 nitrogen and oxygen atoms in total. The van der Waals surface area contributed by atoms with E-state index in [0.29, 0.717) is 0 Å². The molecule has 264 valence electrons. The highest BCUT2D eigenvalue weighted by molar-refractivity contribution is 6.21. The minimum absolute atomic E-state index is 0.0198. The smallest absolute Gasteiger partial charge is 0.148 e. The van der Waals surface area contributed by atoms with Crippen molar-refractivity contribution in [3.05, 3.63) is 200 Å². The number of para-hydroxylation sites is 4. The number of aromatic nitrogens is 1.